The van der Waals surface area contributed by atoms with Gasteiger partial charge in [-0.2, -0.15) is 0 Å². The molecule has 0 bridgehead atoms. The maximum absolute atomic E-state index is 13.1. The number of thioether (sulfide) groups is 1. The number of anilines is 1. The molecule has 23 heavy (non-hydrogen) atoms. The van der Waals surface area contributed by atoms with Gasteiger partial charge < -0.3 is 11.1 Å². The van der Waals surface area contributed by atoms with Gasteiger partial charge in [0.25, 0.3) is 0 Å². The van der Waals surface area contributed by atoms with Gasteiger partial charge >= 0.3 is 0 Å². The average Bonchev–Trinajstić information content (AvgIpc) is 2.51. The molecule has 0 aromatic heterocycles. The summed E-state index contributed by atoms with van der Waals surface area (Å²) >= 11 is 1.25. The molecule has 0 aliphatic heterocycles. The molecule has 0 unspecified atom stereocenters. The number of rotatable bonds is 6. The third-order valence-corrected chi connectivity index (χ3v) is 3.92. The largest absolute Gasteiger partial charge is 0.366 e. The highest BCUT2D eigenvalue weighted by molar-refractivity contribution is 7.99. The lowest BCUT2D eigenvalue weighted by atomic mass is 10.2. The Bertz CT molecular complexity index is 738. The number of primary amides is 1. The molecule has 3 N–H and O–H groups in total. The molecular formula is C16H14F2N2O2S. The van der Waals surface area contributed by atoms with E-state index in [1.807, 2.05) is 0 Å². The highest BCUT2D eigenvalue weighted by atomic mass is 32.2. The van der Waals surface area contributed by atoms with Crippen molar-refractivity contribution >= 4 is 29.3 Å². The van der Waals surface area contributed by atoms with E-state index in [4.69, 9.17) is 5.73 Å². The second kappa shape index (κ2) is 7.73. The number of carbonyl (C=O) groups excluding carboxylic acids is 2. The Balaban J connectivity index is 1.84. The number of halogens is 2. The molecule has 2 rings (SSSR count). The van der Waals surface area contributed by atoms with Crippen LogP contribution in [0, 0.1) is 11.6 Å². The molecule has 0 saturated carbocycles. The van der Waals surface area contributed by atoms with Gasteiger partial charge in [-0.25, -0.2) is 8.78 Å². The smallest absolute Gasteiger partial charge is 0.248 e. The number of benzene rings is 2. The van der Waals surface area contributed by atoms with E-state index in [0.29, 0.717) is 21.9 Å². The zero-order valence-electron chi connectivity index (χ0n) is 12.0. The maximum atomic E-state index is 13.1. The van der Waals surface area contributed by atoms with Crippen LogP contribution in [0.2, 0.25) is 0 Å². The van der Waals surface area contributed by atoms with Gasteiger partial charge in [0.15, 0.2) is 11.6 Å². The number of carbonyl (C=O) groups is 2. The molecule has 0 spiro atoms. The summed E-state index contributed by atoms with van der Waals surface area (Å²) in [7, 11) is 0. The lowest BCUT2D eigenvalue weighted by Crippen LogP contribution is -2.14. The number of hydrogen-bond donors (Lipinski definition) is 2. The van der Waals surface area contributed by atoms with Crippen molar-refractivity contribution in [3.8, 4) is 0 Å². The quantitative estimate of drug-likeness (QED) is 0.796. The molecule has 0 atom stereocenters. The minimum absolute atomic E-state index is 0.185. The predicted octanol–water partition coefficient (Wildman–Crippen LogP) is 3.18. The van der Waals surface area contributed by atoms with Gasteiger partial charge in [0.2, 0.25) is 11.8 Å². The Morgan fingerprint density at radius 3 is 2.57 bits per heavy atom. The van der Waals surface area contributed by atoms with Crippen LogP contribution in [-0.2, 0) is 4.79 Å². The molecule has 2 aromatic rings. The zero-order valence-corrected chi connectivity index (χ0v) is 12.8. The van der Waals surface area contributed by atoms with Crippen LogP contribution in [0.1, 0.15) is 16.8 Å². The topological polar surface area (TPSA) is 72.2 Å². The van der Waals surface area contributed by atoms with Crippen molar-refractivity contribution in [2.45, 2.75) is 11.3 Å². The van der Waals surface area contributed by atoms with Crippen LogP contribution in [0.15, 0.2) is 47.4 Å². The van der Waals surface area contributed by atoms with Gasteiger partial charge in [0.05, 0.1) is 0 Å². The van der Waals surface area contributed by atoms with Crippen molar-refractivity contribution in [1.82, 2.24) is 0 Å². The van der Waals surface area contributed by atoms with Gasteiger partial charge in [-0.15, -0.1) is 11.8 Å². The summed E-state index contributed by atoms with van der Waals surface area (Å²) in [5.41, 5.74) is 5.95. The van der Waals surface area contributed by atoms with E-state index in [0.717, 1.165) is 12.1 Å². The standard InChI is InChI=1S/C16H14F2N2O2S/c17-13-5-4-12(9-14(13)18)23-7-6-15(21)20-11-3-1-2-10(8-11)16(19)22/h1-5,8-9H,6-7H2,(H2,19,22)(H,20,21). The van der Waals surface area contributed by atoms with Crippen molar-refractivity contribution in [3.63, 3.8) is 0 Å². The van der Waals surface area contributed by atoms with E-state index >= 15 is 0 Å². The molecule has 0 heterocycles. The molecule has 2 amide bonds. The van der Waals surface area contributed by atoms with Crippen molar-refractivity contribution < 1.29 is 18.4 Å². The summed E-state index contributed by atoms with van der Waals surface area (Å²) in [5, 5.41) is 2.65. The Morgan fingerprint density at radius 1 is 1.09 bits per heavy atom. The van der Waals surface area contributed by atoms with Crippen molar-refractivity contribution in [3.05, 3.63) is 59.7 Å². The second-order valence-corrected chi connectivity index (χ2v) is 5.84. The lowest BCUT2D eigenvalue weighted by Gasteiger charge is -2.06. The fraction of sp³-hybridized carbons (Fsp3) is 0.125. The number of nitrogens with two attached hydrogens (primary N) is 1. The minimum Gasteiger partial charge on any atom is -0.366 e. The molecule has 0 radical (unpaired) electrons. The molecule has 0 aliphatic rings. The average molecular weight is 336 g/mol. The summed E-state index contributed by atoms with van der Waals surface area (Å²) in [6.07, 6.45) is 0.185. The maximum Gasteiger partial charge on any atom is 0.248 e. The Hall–Kier alpha value is -2.41. The second-order valence-electron chi connectivity index (χ2n) is 4.67. The van der Waals surface area contributed by atoms with E-state index in [1.165, 1.54) is 23.9 Å². The number of hydrogen-bond acceptors (Lipinski definition) is 3. The first-order chi connectivity index (χ1) is 11.0. The van der Waals surface area contributed by atoms with Crippen LogP contribution in [0.3, 0.4) is 0 Å². The first-order valence-electron chi connectivity index (χ1n) is 6.73. The first kappa shape index (κ1) is 17.0. The van der Waals surface area contributed by atoms with Crippen molar-refractivity contribution in [2.24, 2.45) is 5.73 Å². The molecule has 0 saturated heterocycles. The van der Waals surface area contributed by atoms with E-state index in [9.17, 15) is 18.4 Å². The molecule has 4 nitrogen and oxygen atoms in total. The summed E-state index contributed by atoms with van der Waals surface area (Å²) < 4.78 is 25.8. The molecular weight excluding hydrogens is 322 g/mol. The molecule has 0 aliphatic carbocycles. The van der Waals surface area contributed by atoms with Gasteiger partial charge in [-0.1, -0.05) is 6.07 Å². The highest BCUT2D eigenvalue weighted by Crippen LogP contribution is 2.21. The van der Waals surface area contributed by atoms with Gasteiger partial charge in [0, 0.05) is 28.3 Å². The fourth-order valence-corrected chi connectivity index (χ4v) is 2.68. The van der Waals surface area contributed by atoms with Crippen LogP contribution in [0.4, 0.5) is 14.5 Å². The summed E-state index contributed by atoms with van der Waals surface area (Å²) in [6.45, 7) is 0. The zero-order chi connectivity index (χ0) is 16.8. The van der Waals surface area contributed by atoms with Gasteiger partial charge in [0.1, 0.15) is 0 Å². The van der Waals surface area contributed by atoms with Crippen molar-refractivity contribution in [2.75, 3.05) is 11.1 Å². The normalized spacial score (nSPS) is 10.3. The number of nitrogens with one attached hydrogen (secondary N) is 1. The van der Waals surface area contributed by atoms with Crippen molar-refractivity contribution in [1.29, 1.82) is 0 Å². The first-order valence-corrected chi connectivity index (χ1v) is 7.72. The van der Waals surface area contributed by atoms with Crippen LogP contribution in [0.5, 0.6) is 0 Å². The van der Waals surface area contributed by atoms with Gasteiger partial charge in [-0.05, 0) is 36.4 Å². The SMILES string of the molecule is NC(=O)c1cccc(NC(=O)CCSc2ccc(F)c(F)c2)c1. The van der Waals surface area contributed by atoms with Crippen LogP contribution >= 0.6 is 11.8 Å². The highest BCUT2D eigenvalue weighted by Gasteiger charge is 2.07. The van der Waals surface area contributed by atoms with E-state index in [1.54, 1.807) is 18.2 Å². The number of amides is 2. The molecule has 7 heteroatoms. The summed E-state index contributed by atoms with van der Waals surface area (Å²) in [4.78, 5) is 23.4. The predicted molar refractivity (Wildman–Crippen MR) is 85.3 cm³/mol. The molecule has 2 aromatic carbocycles. The van der Waals surface area contributed by atoms with Crippen LogP contribution in [0.25, 0.3) is 0 Å². The van der Waals surface area contributed by atoms with E-state index in [-0.39, 0.29) is 12.3 Å². The fourth-order valence-electron chi connectivity index (χ4n) is 1.80. The van der Waals surface area contributed by atoms with E-state index < -0.39 is 17.5 Å². The Kier molecular flexibility index (Phi) is 5.70. The monoisotopic (exact) mass is 336 g/mol. The lowest BCUT2D eigenvalue weighted by molar-refractivity contribution is -0.115. The Labute approximate surface area is 136 Å². The van der Waals surface area contributed by atoms with Crippen LogP contribution in [-0.4, -0.2) is 17.6 Å². The minimum atomic E-state index is -0.914. The third kappa shape index (κ3) is 5.07. The molecule has 120 valence electrons. The summed E-state index contributed by atoms with van der Waals surface area (Å²) in [6, 6.07) is 9.90. The third-order valence-electron chi connectivity index (χ3n) is 2.92. The van der Waals surface area contributed by atoms with Gasteiger partial charge in [-0.3, -0.25) is 9.59 Å². The van der Waals surface area contributed by atoms with E-state index in [2.05, 4.69) is 5.32 Å². The van der Waals surface area contributed by atoms with Crippen LogP contribution < -0.4 is 11.1 Å². The Morgan fingerprint density at radius 2 is 1.87 bits per heavy atom. The summed E-state index contributed by atoms with van der Waals surface area (Å²) in [5.74, 6) is -2.23. The molecule has 0 fully saturated rings.